The zero-order valence-corrected chi connectivity index (χ0v) is 20.4. The molecule has 1 aliphatic heterocycles. The Bertz CT molecular complexity index is 1240. The van der Waals surface area contributed by atoms with Crippen LogP contribution in [0.3, 0.4) is 0 Å². The van der Waals surface area contributed by atoms with Crippen LogP contribution in [0.4, 0.5) is 5.69 Å². The third-order valence-corrected chi connectivity index (χ3v) is 6.04. The first-order chi connectivity index (χ1) is 16.5. The zero-order valence-electron chi connectivity index (χ0n) is 19.6. The smallest absolute Gasteiger partial charge is 0.253 e. The Balaban J connectivity index is 2.46. The molecular weight excluding hydrogens is 472 g/mol. The maximum absolute atomic E-state index is 14.1. The Morgan fingerprint density at radius 2 is 1.66 bits per heavy atom. The maximum Gasteiger partial charge on any atom is 0.253 e. The van der Waals surface area contributed by atoms with E-state index < -0.39 is 40.6 Å². The van der Waals surface area contributed by atoms with Gasteiger partial charge in [-0.05, 0) is 62.5 Å². The second-order valence-corrected chi connectivity index (χ2v) is 8.22. The van der Waals surface area contributed by atoms with E-state index >= 15 is 0 Å². The van der Waals surface area contributed by atoms with Crippen LogP contribution in [0.25, 0.3) is 0 Å². The summed E-state index contributed by atoms with van der Waals surface area (Å²) in [6.07, 6.45) is 3.60. The number of benzene rings is 1. The highest BCUT2D eigenvalue weighted by molar-refractivity contribution is 7.80. The van der Waals surface area contributed by atoms with E-state index in [-0.39, 0.29) is 40.7 Å². The average molecular weight is 497 g/mol. The van der Waals surface area contributed by atoms with E-state index in [2.05, 4.69) is 10.3 Å². The molecular formula is C24H24N4O6S. The molecule has 0 bridgehead atoms. The molecule has 1 heterocycles. The van der Waals surface area contributed by atoms with Crippen LogP contribution in [0.2, 0.25) is 0 Å². The molecule has 2 aliphatic rings. The lowest BCUT2D eigenvalue weighted by Gasteiger charge is -2.46. The number of anilines is 1. The molecule has 1 aromatic carbocycles. The first kappa shape index (κ1) is 25.6. The van der Waals surface area contributed by atoms with Crippen LogP contribution in [0.5, 0.6) is 5.75 Å². The molecule has 2 N–H and O–H groups in total. The fraction of sp³-hybridized carbons (Fsp3) is 0.292. The monoisotopic (exact) mass is 496 g/mol. The molecule has 11 heteroatoms. The molecule has 10 nitrogen and oxygen atoms in total. The number of likely N-dealkylation sites (N-methyl/N-ethyl adjacent to an activating group) is 2. The highest BCUT2D eigenvalue weighted by atomic mass is 32.1. The summed E-state index contributed by atoms with van der Waals surface area (Å²) >= 11 is 5.38. The van der Waals surface area contributed by atoms with E-state index in [0.29, 0.717) is 0 Å². The predicted octanol–water partition coefficient (Wildman–Crippen LogP) is 1.64. The number of carbonyl (C=O) groups is 5. The molecule has 1 fully saturated rings. The van der Waals surface area contributed by atoms with Crippen molar-refractivity contribution in [2.75, 3.05) is 18.4 Å². The molecule has 1 aliphatic carbocycles. The van der Waals surface area contributed by atoms with Gasteiger partial charge in [0.2, 0.25) is 11.8 Å². The van der Waals surface area contributed by atoms with E-state index in [1.54, 1.807) is 13.8 Å². The first-order valence-corrected chi connectivity index (χ1v) is 11.2. The highest BCUT2D eigenvalue weighted by Crippen LogP contribution is 2.45. The molecule has 0 radical (unpaired) electrons. The number of hydrogen-bond acceptors (Lipinski definition) is 7. The number of phenols is 1. The number of aromatic hydroxyl groups is 1. The van der Waals surface area contributed by atoms with E-state index in [0.717, 1.165) is 6.08 Å². The lowest BCUT2D eigenvalue weighted by molar-refractivity contribution is -0.148. The van der Waals surface area contributed by atoms with Gasteiger partial charge in [-0.15, -0.1) is 0 Å². The van der Waals surface area contributed by atoms with Gasteiger partial charge in [-0.2, -0.15) is 0 Å². The predicted molar refractivity (Wildman–Crippen MR) is 132 cm³/mol. The van der Waals surface area contributed by atoms with Gasteiger partial charge in [-0.25, -0.2) is 4.99 Å². The molecule has 182 valence electrons. The van der Waals surface area contributed by atoms with Gasteiger partial charge >= 0.3 is 0 Å². The second kappa shape index (κ2) is 9.71. The lowest BCUT2D eigenvalue weighted by atomic mass is 9.67. The third-order valence-electron chi connectivity index (χ3n) is 5.60. The SMILES string of the molecule is CCN1C(=O)C(C2=CC(=NC(C)=O)C=CC2=O)(c2cc(NC(C)=O)ccc2O)C(=O)N(CC)C1=S. The zero-order chi connectivity index (χ0) is 26.1. The van der Waals surface area contributed by atoms with Gasteiger partial charge in [0, 0.05) is 43.8 Å². The minimum Gasteiger partial charge on any atom is -0.508 e. The fourth-order valence-electron chi connectivity index (χ4n) is 4.16. The summed E-state index contributed by atoms with van der Waals surface area (Å²) < 4.78 is 0. The van der Waals surface area contributed by atoms with E-state index in [1.165, 1.54) is 54.0 Å². The molecule has 1 saturated heterocycles. The molecule has 0 saturated carbocycles. The number of nitrogens with zero attached hydrogens (tertiary/aromatic N) is 3. The van der Waals surface area contributed by atoms with Crippen LogP contribution in [-0.2, 0) is 29.4 Å². The van der Waals surface area contributed by atoms with Crippen molar-refractivity contribution >= 4 is 58.1 Å². The van der Waals surface area contributed by atoms with E-state index in [1.807, 2.05) is 0 Å². The summed E-state index contributed by atoms with van der Waals surface area (Å²) in [7, 11) is 0. The van der Waals surface area contributed by atoms with Crippen LogP contribution in [-0.4, -0.2) is 68.2 Å². The number of amides is 4. The van der Waals surface area contributed by atoms with Gasteiger partial charge in [0.05, 0.1) is 5.71 Å². The Morgan fingerprint density at radius 3 is 2.17 bits per heavy atom. The van der Waals surface area contributed by atoms with Gasteiger partial charge in [0.15, 0.2) is 16.3 Å². The molecule has 0 unspecified atom stereocenters. The number of aliphatic imine (C=N–C) groups is 1. The van der Waals surface area contributed by atoms with Gasteiger partial charge in [-0.3, -0.25) is 33.8 Å². The Kier molecular flexibility index (Phi) is 7.11. The van der Waals surface area contributed by atoms with Crippen molar-refractivity contribution in [3.8, 4) is 5.75 Å². The molecule has 0 atom stereocenters. The van der Waals surface area contributed by atoms with Crippen molar-refractivity contribution in [3.05, 3.63) is 47.6 Å². The quantitative estimate of drug-likeness (QED) is 0.274. The normalized spacial score (nSPS) is 18.7. The number of hydrogen-bond donors (Lipinski definition) is 2. The number of thiocarbonyl (C=S) groups is 1. The summed E-state index contributed by atoms with van der Waals surface area (Å²) in [5, 5.41) is 13.4. The van der Waals surface area contributed by atoms with Gasteiger partial charge in [0.25, 0.3) is 11.8 Å². The van der Waals surface area contributed by atoms with Crippen LogP contribution in [0.15, 0.2) is 47.0 Å². The summed E-state index contributed by atoms with van der Waals surface area (Å²) in [5.41, 5.74) is -2.61. The van der Waals surface area contributed by atoms with E-state index in [4.69, 9.17) is 12.2 Å². The third kappa shape index (κ3) is 4.30. The van der Waals surface area contributed by atoms with Crippen LogP contribution < -0.4 is 5.32 Å². The number of ketones is 1. The van der Waals surface area contributed by atoms with Crippen molar-refractivity contribution in [3.63, 3.8) is 0 Å². The molecule has 0 spiro atoms. The number of allylic oxidation sites excluding steroid dienone is 3. The maximum atomic E-state index is 14.1. The molecule has 0 aromatic heterocycles. The number of carbonyl (C=O) groups excluding carboxylic acids is 5. The fourth-order valence-corrected chi connectivity index (χ4v) is 4.58. The number of rotatable bonds is 5. The van der Waals surface area contributed by atoms with Gasteiger partial charge in [-0.1, -0.05) is 0 Å². The number of phenolic OH excluding ortho intramolecular Hbond substituents is 1. The van der Waals surface area contributed by atoms with Crippen molar-refractivity contribution in [2.45, 2.75) is 33.1 Å². The largest absolute Gasteiger partial charge is 0.508 e. The summed E-state index contributed by atoms with van der Waals surface area (Å²) in [4.78, 5) is 70.9. The van der Waals surface area contributed by atoms with Crippen molar-refractivity contribution < 1.29 is 29.1 Å². The highest BCUT2D eigenvalue weighted by Gasteiger charge is 2.61. The van der Waals surface area contributed by atoms with Crippen molar-refractivity contribution in [1.29, 1.82) is 0 Å². The second-order valence-electron chi connectivity index (χ2n) is 7.86. The van der Waals surface area contributed by atoms with Crippen LogP contribution in [0, 0.1) is 0 Å². The summed E-state index contributed by atoms with van der Waals surface area (Å²) in [5.74, 6) is -3.78. The van der Waals surface area contributed by atoms with Crippen LogP contribution in [0.1, 0.15) is 33.3 Å². The Labute approximate surface area is 207 Å². The summed E-state index contributed by atoms with van der Waals surface area (Å²) in [6.45, 7) is 5.98. The standard InChI is InChI=1S/C24H24N4O6S/c1-5-27-21(33)24(22(34)28(6-2)23(27)35,17-11-15(25-13(3)29)7-9-19(17)31)18-12-16(26-14(4)30)8-10-20(18)32/h7-12,31H,5-6H2,1-4H3,(H,25,29). The lowest BCUT2D eigenvalue weighted by Crippen LogP contribution is -2.68. The van der Waals surface area contributed by atoms with Gasteiger partial charge < -0.3 is 10.4 Å². The molecule has 35 heavy (non-hydrogen) atoms. The van der Waals surface area contributed by atoms with Crippen LogP contribution >= 0.6 is 12.2 Å². The number of nitrogens with one attached hydrogen (secondary N) is 1. The molecule has 4 amide bonds. The molecule has 3 rings (SSSR count). The van der Waals surface area contributed by atoms with Gasteiger partial charge in [0.1, 0.15) is 5.75 Å². The Morgan fingerprint density at radius 1 is 1.06 bits per heavy atom. The van der Waals surface area contributed by atoms with Crippen molar-refractivity contribution in [2.24, 2.45) is 4.99 Å². The minimum atomic E-state index is -2.35. The average Bonchev–Trinajstić information content (AvgIpc) is 2.78. The Hall–Kier alpha value is -3.99. The first-order valence-electron chi connectivity index (χ1n) is 10.8. The van der Waals surface area contributed by atoms with Crippen molar-refractivity contribution in [1.82, 2.24) is 9.80 Å². The minimum absolute atomic E-state index is 0.0323. The van der Waals surface area contributed by atoms with E-state index in [9.17, 15) is 29.1 Å². The summed E-state index contributed by atoms with van der Waals surface area (Å²) in [6, 6.07) is 3.89. The topological polar surface area (TPSA) is 136 Å². The molecule has 1 aromatic rings.